The number of benzene rings is 2. The molecule has 0 radical (unpaired) electrons. The van der Waals surface area contributed by atoms with E-state index in [1.54, 1.807) is 24.3 Å². The van der Waals surface area contributed by atoms with Crippen LogP contribution in [-0.2, 0) is 10.0 Å². The minimum Gasteiger partial charge on any atom is -0.341 e. The Hall–Kier alpha value is -2.18. The van der Waals surface area contributed by atoms with Crippen molar-refractivity contribution in [2.24, 2.45) is 5.92 Å². The van der Waals surface area contributed by atoms with E-state index in [0.717, 1.165) is 16.6 Å². The molecule has 126 valence electrons. The number of hydrogen-bond acceptors (Lipinski definition) is 3. The first-order valence-corrected chi connectivity index (χ1v) is 9.39. The van der Waals surface area contributed by atoms with Gasteiger partial charge in [0.15, 0.2) is 0 Å². The van der Waals surface area contributed by atoms with Gasteiger partial charge in [-0.2, -0.15) is 0 Å². The number of para-hydroxylation sites is 2. The van der Waals surface area contributed by atoms with Gasteiger partial charge < -0.3 is 4.98 Å². The third-order valence-corrected chi connectivity index (χ3v) is 5.44. The van der Waals surface area contributed by atoms with Crippen LogP contribution in [0.25, 0.3) is 11.0 Å². The van der Waals surface area contributed by atoms with Crippen LogP contribution >= 0.6 is 0 Å². The number of imidazole rings is 1. The minimum atomic E-state index is -3.62. The number of rotatable bonds is 5. The van der Waals surface area contributed by atoms with Crippen molar-refractivity contribution in [1.29, 1.82) is 0 Å². The summed E-state index contributed by atoms with van der Waals surface area (Å²) >= 11 is 0. The Morgan fingerprint density at radius 1 is 1.04 bits per heavy atom. The van der Waals surface area contributed by atoms with E-state index in [1.807, 2.05) is 45.0 Å². The smallest absolute Gasteiger partial charge is 0.241 e. The topological polar surface area (TPSA) is 74.8 Å². The summed E-state index contributed by atoms with van der Waals surface area (Å²) in [5.74, 6) is 0.674. The highest BCUT2D eigenvalue weighted by atomic mass is 32.2. The molecule has 0 spiro atoms. The van der Waals surface area contributed by atoms with Crippen molar-refractivity contribution in [3.05, 3.63) is 59.9 Å². The van der Waals surface area contributed by atoms with Crippen LogP contribution in [0.2, 0.25) is 0 Å². The van der Waals surface area contributed by atoms with E-state index in [4.69, 9.17) is 0 Å². The molecule has 24 heavy (non-hydrogen) atoms. The van der Waals surface area contributed by atoms with Gasteiger partial charge in [0.1, 0.15) is 5.82 Å². The minimum absolute atomic E-state index is 0.0470. The second-order valence-electron chi connectivity index (χ2n) is 6.30. The highest BCUT2D eigenvalue weighted by Crippen LogP contribution is 2.24. The molecule has 0 saturated heterocycles. The molecule has 2 aromatic carbocycles. The molecule has 0 unspecified atom stereocenters. The van der Waals surface area contributed by atoms with E-state index in [0.29, 0.717) is 5.82 Å². The monoisotopic (exact) mass is 343 g/mol. The molecule has 0 aliphatic carbocycles. The summed E-state index contributed by atoms with van der Waals surface area (Å²) in [6.07, 6.45) is 0. The molecule has 5 nitrogen and oxygen atoms in total. The molecule has 0 aliphatic rings. The van der Waals surface area contributed by atoms with Gasteiger partial charge in [0.25, 0.3) is 0 Å². The summed E-state index contributed by atoms with van der Waals surface area (Å²) < 4.78 is 28.2. The van der Waals surface area contributed by atoms with Crippen molar-refractivity contribution in [3.8, 4) is 0 Å². The fourth-order valence-corrected chi connectivity index (χ4v) is 3.93. The number of hydrogen-bond donors (Lipinski definition) is 2. The van der Waals surface area contributed by atoms with E-state index in [-0.39, 0.29) is 10.8 Å². The van der Waals surface area contributed by atoms with Crippen molar-refractivity contribution in [3.63, 3.8) is 0 Å². The maximum absolute atomic E-state index is 12.7. The Labute approximate surface area is 142 Å². The molecule has 0 amide bonds. The van der Waals surface area contributed by atoms with Crippen molar-refractivity contribution in [2.75, 3.05) is 0 Å². The number of aryl methyl sites for hydroxylation is 1. The summed E-state index contributed by atoms with van der Waals surface area (Å²) in [5, 5.41) is 0. The first-order valence-electron chi connectivity index (χ1n) is 7.90. The van der Waals surface area contributed by atoms with Crippen molar-refractivity contribution in [1.82, 2.24) is 14.7 Å². The van der Waals surface area contributed by atoms with Crippen molar-refractivity contribution >= 4 is 21.1 Å². The number of aromatic amines is 1. The maximum Gasteiger partial charge on any atom is 0.241 e. The number of nitrogens with one attached hydrogen (secondary N) is 2. The number of sulfonamides is 1. The Balaban J connectivity index is 1.95. The Morgan fingerprint density at radius 3 is 2.33 bits per heavy atom. The zero-order chi connectivity index (χ0) is 17.3. The number of fused-ring (bicyclic) bond motifs is 1. The second-order valence-corrected chi connectivity index (χ2v) is 8.01. The molecule has 0 aliphatic heterocycles. The van der Waals surface area contributed by atoms with E-state index < -0.39 is 16.1 Å². The molecule has 2 N–H and O–H groups in total. The highest BCUT2D eigenvalue weighted by molar-refractivity contribution is 7.89. The molecular weight excluding hydrogens is 322 g/mol. The van der Waals surface area contributed by atoms with Crippen LogP contribution < -0.4 is 4.72 Å². The molecule has 3 aromatic rings. The Kier molecular flexibility index (Phi) is 4.43. The van der Waals surface area contributed by atoms with Crippen LogP contribution in [-0.4, -0.2) is 18.4 Å². The van der Waals surface area contributed by atoms with Crippen LogP contribution in [0.4, 0.5) is 0 Å². The summed E-state index contributed by atoms with van der Waals surface area (Å²) in [6, 6.07) is 14.1. The lowest BCUT2D eigenvalue weighted by atomic mass is 10.1. The van der Waals surface area contributed by atoms with Crippen LogP contribution in [0.1, 0.15) is 31.3 Å². The standard InChI is InChI=1S/C18H21N3O2S/c1-12(2)17(18-19-15-6-4-5-7-16(15)20-18)21-24(22,23)14-10-8-13(3)9-11-14/h4-12,17,21H,1-3H3,(H,19,20)/t17-/m0/s1. The molecule has 0 bridgehead atoms. The average Bonchev–Trinajstić information content (AvgIpc) is 2.96. The van der Waals surface area contributed by atoms with Gasteiger partial charge in [-0.05, 0) is 37.1 Å². The third kappa shape index (κ3) is 3.34. The Bertz CT molecular complexity index is 911. The second kappa shape index (κ2) is 6.37. The van der Waals surface area contributed by atoms with Gasteiger partial charge in [0.05, 0.1) is 22.0 Å². The predicted molar refractivity (Wildman–Crippen MR) is 95.2 cm³/mol. The van der Waals surface area contributed by atoms with E-state index >= 15 is 0 Å². The zero-order valence-corrected chi connectivity index (χ0v) is 14.8. The van der Waals surface area contributed by atoms with Gasteiger partial charge in [0, 0.05) is 0 Å². The fourth-order valence-electron chi connectivity index (χ4n) is 2.58. The summed E-state index contributed by atoms with van der Waals surface area (Å²) in [5.41, 5.74) is 2.74. The normalized spacial score (nSPS) is 13.5. The molecular formula is C18H21N3O2S. The number of H-pyrrole nitrogens is 1. The van der Waals surface area contributed by atoms with E-state index in [1.165, 1.54) is 0 Å². The van der Waals surface area contributed by atoms with Gasteiger partial charge in [-0.25, -0.2) is 18.1 Å². The van der Waals surface area contributed by atoms with Crippen LogP contribution in [0.3, 0.4) is 0 Å². The van der Waals surface area contributed by atoms with Gasteiger partial charge >= 0.3 is 0 Å². The molecule has 1 atom stereocenters. The summed E-state index contributed by atoms with van der Waals surface area (Å²) in [4.78, 5) is 8.02. The molecule has 0 fully saturated rings. The Morgan fingerprint density at radius 2 is 1.71 bits per heavy atom. The summed E-state index contributed by atoms with van der Waals surface area (Å²) in [6.45, 7) is 5.86. The molecule has 1 aromatic heterocycles. The summed E-state index contributed by atoms with van der Waals surface area (Å²) in [7, 11) is -3.62. The molecule has 6 heteroatoms. The van der Waals surface area contributed by atoms with Gasteiger partial charge in [-0.3, -0.25) is 0 Å². The highest BCUT2D eigenvalue weighted by Gasteiger charge is 2.26. The van der Waals surface area contributed by atoms with Gasteiger partial charge in [-0.15, -0.1) is 0 Å². The zero-order valence-electron chi connectivity index (χ0n) is 13.9. The van der Waals surface area contributed by atoms with Crippen LogP contribution in [0, 0.1) is 12.8 Å². The SMILES string of the molecule is Cc1ccc(S(=O)(=O)N[C@H](c2nc3ccccc3[nH]2)C(C)C)cc1. The van der Waals surface area contributed by atoms with Gasteiger partial charge in [0.2, 0.25) is 10.0 Å². The van der Waals surface area contributed by atoms with Crippen molar-refractivity contribution in [2.45, 2.75) is 31.7 Å². The third-order valence-electron chi connectivity index (χ3n) is 3.98. The fraction of sp³-hybridized carbons (Fsp3) is 0.278. The first kappa shape index (κ1) is 16.7. The molecule has 1 heterocycles. The lowest BCUT2D eigenvalue weighted by molar-refractivity contribution is 0.447. The quantitative estimate of drug-likeness (QED) is 0.744. The van der Waals surface area contributed by atoms with Crippen molar-refractivity contribution < 1.29 is 8.42 Å². The lowest BCUT2D eigenvalue weighted by Gasteiger charge is -2.20. The van der Waals surface area contributed by atoms with Gasteiger partial charge in [-0.1, -0.05) is 43.7 Å². The molecule has 0 saturated carbocycles. The first-order chi connectivity index (χ1) is 11.4. The van der Waals surface area contributed by atoms with Crippen LogP contribution in [0.5, 0.6) is 0 Å². The van der Waals surface area contributed by atoms with Crippen LogP contribution in [0.15, 0.2) is 53.4 Å². The molecule has 3 rings (SSSR count). The van der Waals surface area contributed by atoms with E-state index in [2.05, 4.69) is 14.7 Å². The predicted octanol–water partition coefficient (Wildman–Crippen LogP) is 3.55. The average molecular weight is 343 g/mol. The maximum atomic E-state index is 12.7. The lowest BCUT2D eigenvalue weighted by Crippen LogP contribution is -2.32. The number of nitrogens with zero attached hydrogens (tertiary/aromatic N) is 1. The largest absolute Gasteiger partial charge is 0.341 e. The number of aromatic nitrogens is 2. The van der Waals surface area contributed by atoms with E-state index in [9.17, 15) is 8.42 Å².